The molecular weight excluding hydrogens is 587 g/mol. The molecule has 0 spiro atoms. The van der Waals surface area contributed by atoms with Gasteiger partial charge in [-0.15, -0.1) is 0 Å². The molecule has 10 nitrogen and oxygen atoms in total. The molecule has 0 fully saturated rings. The van der Waals surface area contributed by atoms with Crippen LogP contribution in [0.5, 0.6) is 0 Å². The number of carboxylic acids is 1. The fraction of sp³-hybridized carbons (Fsp3) is 0.286. The third kappa shape index (κ3) is 6.68. The summed E-state index contributed by atoms with van der Waals surface area (Å²) in [5, 5.41) is 16.4. The molecule has 0 amide bonds. The van der Waals surface area contributed by atoms with E-state index in [1.54, 1.807) is 30.3 Å². The molecule has 1 N–H and O–H groups in total. The van der Waals surface area contributed by atoms with Crippen LogP contribution in [0.15, 0.2) is 56.7 Å². The third-order valence-electron chi connectivity index (χ3n) is 5.80. The van der Waals surface area contributed by atoms with Crippen molar-refractivity contribution in [3.05, 3.63) is 84.7 Å². The molecule has 0 aliphatic rings. The SMILES string of the molecule is CC(=O)O.CC(=O)OCc1c(-c2cc(Br)c(=O)n(C)n2)cccc1-n1ncc2cc(C(C)(C)C)cc(F)c2c1=O. The van der Waals surface area contributed by atoms with Gasteiger partial charge in [-0.05, 0) is 51.2 Å². The molecule has 0 unspecified atom stereocenters. The molecule has 2 aromatic heterocycles. The van der Waals surface area contributed by atoms with Gasteiger partial charge in [-0.1, -0.05) is 32.9 Å². The summed E-state index contributed by atoms with van der Waals surface area (Å²) in [5.41, 5.74) is 1.10. The standard InChI is InChI=1S/C26H24BrFN4O4.C2H4O2/c1-14(33)36-13-18-17(21-11-19(27)24(34)31(5)30-21)7-6-8-22(18)32-25(35)23-15(12-29-32)9-16(10-20(23)28)26(2,3)4;1-2(3)4/h6-12H,13H2,1-5H3;1H3,(H,3,4). The fourth-order valence-corrected chi connectivity index (χ4v) is 4.35. The Morgan fingerprint density at radius 1 is 1.10 bits per heavy atom. The van der Waals surface area contributed by atoms with Crippen molar-refractivity contribution in [2.45, 2.75) is 46.6 Å². The lowest BCUT2D eigenvalue weighted by Crippen LogP contribution is -2.24. The monoisotopic (exact) mass is 614 g/mol. The largest absolute Gasteiger partial charge is 0.481 e. The Morgan fingerprint density at radius 3 is 2.33 bits per heavy atom. The van der Waals surface area contributed by atoms with Crippen molar-refractivity contribution in [2.75, 3.05) is 0 Å². The Morgan fingerprint density at radius 2 is 1.75 bits per heavy atom. The highest BCUT2D eigenvalue weighted by atomic mass is 79.9. The van der Waals surface area contributed by atoms with Crippen LogP contribution in [0, 0.1) is 5.82 Å². The second-order valence-corrected chi connectivity index (χ2v) is 10.8. The Hall–Kier alpha value is -4.19. The Balaban J connectivity index is 0.00000103. The maximum Gasteiger partial charge on any atom is 0.302 e. The van der Waals surface area contributed by atoms with Gasteiger partial charge in [0.2, 0.25) is 0 Å². The molecule has 0 saturated carbocycles. The molecule has 0 radical (unpaired) electrons. The Bertz CT molecular complexity index is 1710. The first-order valence-electron chi connectivity index (χ1n) is 12.0. The molecule has 12 heteroatoms. The average molecular weight is 615 g/mol. The van der Waals surface area contributed by atoms with Gasteiger partial charge in [-0.2, -0.15) is 14.9 Å². The average Bonchev–Trinajstić information content (AvgIpc) is 2.84. The number of halogens is 2. The van der Waals surface area contributed by atoms with Gasteiger partial charge >= 0.3 is 5.97 Å². The van der Waals surface area contributed by atoms with Gasteiger partial charge in [-0.25, -0.2) is 9.07 Å². The number of carbonyl (C=O) groups excluding carboxylic acids is 1. The molecule has 210 valence electrons. The quantitative estimate of drug-likeness (QED) is 0.332. The van der Waals surface area contributed by atoms with Gasteiger partial charge in [0, 0.05) is 37.4 Å². The van der Waals surface area contributed by atoms with Gasteiger partial charge in [-0.3, -0.25) is 19.2 Å². The first kappa shape index (κ1) is 30.4. The van der Waals surface area contributed by atoms with Crippen LogP contribution >= 0.6 is 15.9 Å². The number of rotatable bonds is 4. The highest BCUT2D eigenvalue weighted by Gasteiger charge is 2.21. The highest BCUT2D eigenvalue weighted by molar-refractivity contribution is 9.10. The summed E-state index contributed by atoms with van der Waals surface area (Å²) in [7, 11) is 1.51. The van der Waals surface area contributed by atoms with Crippen molar-refractivity contribution in [2.24, 2.45) is 7.05 Å². The minimum atomic E-state index is -0.833. The second-order valence-electron chi connectivity index (χ2n) is 9.94. The summed E-state index contributed by atoms with van der Waals surface area (Å²) >= 11 is 3.24. The van der Waals surface area contributed by atoms with E-state index in [1.807, 2.05) is 20.8 Å². The second kappa shape index (κ2) is 11.9. The van der Waals surface area contributed by atoms with E-state index in [-0.39, 0.29) is 27.4 Å². The van der Waals surface area contributed by atoms with Crippen molar-refractivity contribution in [1.29, 1.82) is 0 Å². The number of esters is 1. The van der Waals surface area contributed by atoms with Crippen LogP contribution in [0.1, 0.15) is 45.7 Å². The van der Waals surface area contributed by atoms with Crippen LogP contribution in [0.2, 0.25) is 0 Å². The smallest absolute Gasteiger partial charge is 0.302 e. The van der Waals surface area contributed by atoms with Crippen LogP contribution < -0.4 is 11.1 Å². The summed E-state index contributed by atoms with van der Waals surface area (Å²) in [6, 6.07) is 9.71. The lowest BCUT2D eigenvalue weighted by Gasteiger charge is -2.20. The number of nitrogens with zero attached hydrogens (tertiary/aromatic N) is 4. The molecule has 0 bridgehead atoms. The summed E-state index contributed by atoms with van der Waals surface area (Å²) < 4.78 is 23.0. The number of carbonyl (C=O) groups is 2. The minimum absolute atomic E-state index is 0.0928. The Labute approximate surface area is 237 Å². The van der Waals surface area contributed by atoms with Crippen molar-refractivity contribution in [1.82, 2.24) is 19.6 Å². The molecule has 0 atom stereocenters. The zero-order valence-electron chi connectivity index (χ0n) is 22.8. The predicted molar refractivity (Wildman–Crippen MR) is 151 cm³/mol. The lowest BCUT2D eigenvalue weighted by molar-refractivity contribution is -0.142. The Kier molecular flexibility index (Phi) is 9.03. The summed E-state index contributed by atoms with van der Waals surface area (Å²) in [6.07, 6.45) is 1.44. The van der Waals surface area contributed by atoms with Crippen molar-refractivity contribution in [3.63, 3.8) is 0 Å². The molecule has 0 saturated heterocycles. The van der Waals surface area contributed by atoms with Gasteiger partial charge in [0.25, 0.3) is 17.1 Å². The summed E-state index contributed by atoms with van der Waals surface area (Å²) in [4.78, 5) is 46.2. The van der Waals surface area contributed by atoms with Crippen molar-refractivity contribution >= 4 is 38.6 Å². The minimum Gasteiger partial charge on any atom is -0.481 e. The molecule has 40 heavy (non-hydrogen) atoms. The first-order valence-corrected chi connectivity index (χ1v) is 12.8. The van der Waals surface area contributed by atoms with Gasteiger partial charge in [0.1, 0.15) is 12.4 Å². The maximum atomic E-state index is 15.2. The number of aromatic nitrogens is 4. The number of aliphatic carboxylic acids is 1. The predicted octanol–water partition coefficient (Wildman–Crippen LogP) is 4.50. The van der Waals surface area contributed by atoms with E-state index < -0.39 is 23.3 Å². The van der Waals surface area contributed by atoms with Crippen LogP contribution in [0.25, 0.3) is 27.7 Å². The van der Waals surface area contributed by atoms with Crippen LogP contribution in [-0.2, 0) is 33.4 Å². The number of carboxylic acid groups (broad SMARTS) is 1. The van der Waals surface area contributed by atoms with Crippen molar-refractivity contribution < 1.29 is 23.8 Å². The third-order valence-corrected chi connectivity index (χ3v) is 6.37. The van der Waals surface area contributed by atoms with E-state index in [2.05, 4.69) is 26.1 Å². The molecule has 2 aromatic carbocycles. The molecular formula is C28H28BrFN4O6. The number of ether oxygens (including phenoxy) is 1. The maximum absolute atomic E-state index is 15.2. The van der Waals surface area contributed by atoms with E-state index in [1.165, 1.54) is 30.9 Å². The molecule has 2 heterocycles. The molecule has 0 aliphatic heterocycles. The van der Waals surface area contributed by atoms with E-state index in [0.717, 1.165) is 17.2 Å². The lowest BCUT2D eigenvalue weighted by atomic mass is 9.86. The van der Waals surface area contributed by atoms with Crippen molar-refractivity contribution in [3.8, 4) is 16.9 Å². The summed E-state index contributed by atoms with van der Waals surface area (Å²) in [6.45, 7) is 8.04. The number of hydrogen-bond donors (Lipinski definition) is 1. The van der Waals surface area contributed by atoms with E-state index in [0.29, 0.717) is 27.9 Å². The number of hydrogen-bond acceptors (Lipinski definition) is 7. The van der Waals surface area contributed by atoms with Crippen LogP contribution in [0.4, 0.5) is 4.39 Å². The molecule has 4 aromatic rings. The summed E-state index contributed by atoms with van der Waals surface area (Å²) in [5.74, 6) is -2.00. The van der Waals surface area contributed by atoms with E-state index in [4.69, 9.17) is 14.6 Å². The zero-order chi connectivity index (χ0) is 29.9. The van der Waals surface area contributed by atoms with Crippen LogP contribution in [0.3, 0.4) is 0 Å². The van der Waals surface area contributed by atoms with Gasteiger partial charge < -0.3 is 9.84 Å². The van der Waals surface area contributed by atoms with E-state index >= 15 is 4.39 Å². The number of benzene rings is 2. The molecule has 4 rings (SSSR count). The number of fused-ring (bicyclic) bond motifs is 1. The van der Waals surface area contributed by atoms with Crippen LogP contribution in [-0.4, -0.2) is 36.6 Å². The number of aryl methyl sites for hydroxylation is 1. The normalized spacial score (nSPS) is 11.1. The van der Waals surface area contributed by atoms with E-state index in [9.17, 15) is 14.4 Å². The van der Waals surface area contributed by atoms with Gasteiger partial charge in [0.05, 0.1) is 27.4 Å². The zero-order valence-corrected chi connectivity index (χ0v) is 24.4. The first-order chi connectivity index (χ1) is 18.6. The topological polar surface area (TPSA) is 133 Å². The van der Waals surface area contributed by atoms with Gasteiger partial charge in [0.15, 0.2) is 0 Å². The highest BCUT2D eigenvalue weighted by Crippen LogP contribution is 2.30. The fourth-order valence-electron chi connectivity index (χ4n) is 3.88. The molecule has 0 aliphatic carbocycles.